The van der Waals surface area contributed by atoms with Crippen molar-refractivity contribution in [1.82, 2.24) is 5.43 Å². The van der Waals surface area contributed by atoms with Gasteiger partial charge < -0.3 is 14.9 Å². The van der Waals surface area contributed by atoms with Crippen molar-refractivity contribution >= 4 is 11.9 Å². The van der Waals surface area contributed by atoms with E-state index in [1.54, 1.807) is 7.11 Å². The van der Waals surface area contributed by atoms with Gasteiger partial charge in [-0.25, -0.2) is 0 Å². The molecule has 2 aromatic rings. The van der Waals surface area contributed by atoms with Crippen LogP contribution < -0.4 is 14.9 Å². The molecule has 2 aromatic carbocycles. The van der Waals surface area contributed by atoms with E-state index in [0.717, 1.165) is 11.3 Å². The number of benzene rings is 2. The molecule has 7 nitrogen and oxygen atoms in total. The molecule has 0 bridgehead atoms. The Morgan fingerprint density at radius 3 is 2.84 bits per heavy atom. The van der Waals surface area contributed by atoms with Gasteiger partial charge in [-0.2, -0.15) is 5.10 Å². The molecule has 0 spiro atoms. The van der Waals surface area contributed by atoms with E-state index in [1.165, 1.54) is 24.4 Å². The second kappa shape index (κ2) is 8.93. The first-order valence-corrected chi connectivity index (χ1v) is 7.38. The lowest BCUT2D eigenvalue weighted by molar-refractivity contribution is -0.384. The highest BCUT2D eigenvalue weighted by Crippen LogP contribution is 2.23. The minimum atomic E-state index is -0.482. The van der Waals surface area contributed by atoms with Crippen LogP contribution in [0, 0.1) is 22.5 Å². The summed E-state index contributed by atoms with van der Waals surface area (Å²) in [6.07, 6.45) is 6.63. The number of methoxy groups -OCH3 is 1. The molecule has 0 amide bonds. The Bertz CT molecular complexity index is 812. The summed E-state index contributed by atoms with van der Waals surface area (Å²) in [5.41, 5.74) is 4.22. The van der Waals surface area contributed by atoms with Crippen LogP contribution in [0.2, 0.25) is 0 Å². The van der Waals surface area contributed by atoms with Gasteiger partial charge in [-0.15, -0.1) is 6.42 Å². The molecule has 2 rings (SSSR count). The number of hydrazone groups is 1. The lowest BCUT2D eigenvalue weighted by Gasteiger charge is -2.08. The number of hydrogen-bond donors (Lipinski definition) is 1. The third kappa shape index (κ3) is 4.97. The van der Waals surface area contributed by atoms with Crippen molar-refractivity contribution in [3.63, 3.8) is 0 Å². The van der Waals surface area contributed by atoms with Gasteiger partial charge in [-0.3, -0.25) is 10.1 Å². The third-order valence-electron chi connectivity index (χ3n) is 3.27. The van der Waals surface area contributed by atoms with Gasteiger partial charge in [0.1, 0.15) is 18.1 Å². The zero-order chi connectivity index (χ0) is 18.1. The molecule has 0 aromatic heterocycles. The maximum atomic E-state index is 10.9. The number of nitro groups is 1. The monoisotopic (exact) mass is 339 g/mol. The highest BCUT2D eigenvalue weighted by atomic mass is 16.6. The molecule has 7 heteroatoms. The number of para-hydroxylation sites is 1. The molecule has 0 heterocycles. The number of nitrogens with zero attached hydrogens (tertiary/aromatic N) is 2. The molecule has 1 N–H and O–H groups in total. The SMILES string of the molecule is C#CCOc1ccc([N+](=O)[O-])cc1/C=N/NCc1ccccc1OC. The predicted octanol–water partition coefficient (Wildman–Crippen LogP) is 2.74. The molecule has 0 saturated carbocycles. The minimum absolute atomic E-state index is 0.0563. The minimum Gasteiger partial charge on any atom is -0.496 e. The molecule has 0 atom stereocenters. The Hall–Kier alpha value is -3.53. The molecule has 0 radical (unpaired) electrons. The van der Waals surface area contributed by atoms with Gasteiger partial charge in [0.05, 0.1) is 24.8 Å². The summed E-state index contributed by atoms with van der Waals surface area (Å²) < 4.78 is 10.6. The number of rotatable bonds is 8. The van der Waals surface area contributed by atoms with Gasteiger partial charge in [-0.05, 0) is 12.1 Å². The maximum absolute atomic E-state index is 10.9. The van der Waals surface area contributed by atoms with Gasteiger partial charge in [0, 0.05) is 23.3 Å². The number of ether oxygens (including phenoxy) is 2. The molecule has 0 saturated heterocycles. The predicted molar refractivity (Wildman–Crippen MR) is 94.9 cm³/mol. The Morgan fingerprint density at radius 2 is 2.12 bits per heavy atom. The van der Waals surface area contributed by atoms with Crippen LogP contribution in [0.15, 0.2) is 47.6 Å². The summed E-state index contributed by atoms with van der Waals surface area (Å²) in [6.45, 7) is 0.503. The lowest BCUT2D eigenvalue weighted by Crippen LogP contribution is -2.07. The molecule has 0 aliphatic rings. The van der Waals surface area contributed by atoms with Gasteiger partial charge >= 0.3 is 0 Å². The Balaban J connectivity index is 2.11. The number of hydrogen-bond acceptors (Lipinski definition) is 6. The standard InChI is InChI=1S/C18H17N3O4/c1-3-10-25-18-9-8-16(21(22)23)11-15(18)13-20-19-12-14-6-4-5-7-17(14)24-2/h1,4-9,11,13,19H,10,12H2,2H3/b20-13+. The van der Waals surface area contributed by atoms with Crippen LogP contribution in [0.25, 0.3) is 0 Å². The first-order chi connectivity index (χ1) is 12.2. The number of non-ortho nitro benzene ring substituents is 1. The van der Waals surface area contributed by atoms with Crippen LogP contribution in [0.1, 0.15) is 11.1 Å². The molecule has 0 aliphatic heterocycles. The van der Waals surface area contributed by atoms with E-state index in [0.29, 0.717) is 17.9 Å². The van der Waals surface area contributed by atoms with Crippen molar-refractivity contribution < 1.29 is 14.4 Å². The number of nitro benzene ring substituents is 1. The fraction of sp³-hybridized carbons (Fsp3) is 0.167. The van der Waals surface area contributed by atoms with E-state index in [1.807, 2.05) is 24.3 Å². The van der Waals surface area contributed by atoms with Crippen LogP contribution in [-0.4, -0.2) is 24.9 Å². The van der Waals surface area contributed by atoms with E-state index in [4.69, 9.17) is 15.9 Å². The van der Waals surface area contributed by atoms with Crippen molar-refractivity contribution in [2.75, 3.05) is 13.7 Å². The van der Waals surface area contributed by atoms with Gasteiger partial charge in [-0.1, -0.05) is 24.1 Å². The van der Waals surface area contributed by atoms with Crippen molar-refractivity contribution in [3.05, 3.63) is 63.7 Å². The normalized spacial score (nSPS) is 10.2. The van der Waals surface area contributed by atoms with Crippen LogP contribution in [-0.2, 0) is 6.54 Å². The zero-order valence-electron chi connectivity index (χ0n) is 13.6. The van der Waals surface area contributed by atoms with Crippen molar-refractivity contribution in [3.8, 4) is 23.8 Å². The fourth-order valence-electron chi connectivity index (χ4n) is 2.10. The van der Waals surface area contributed by atoms with Crippen LogP contribution in [0.5, 0.6) is 11.5 Å². The highest BCUT2D eigenvalue weighted by Gasteiger charge is 2.10. The Labute approximate surface area is 145 Å². The van der Waals surface area contributed by atoms with Crippen LogP contribution >= 0.6 is 0 Å². The molecule has 0 fully saturated rings. The summed E-state index contributed by atoms with van der Waals surface area (Å²) in [4.78, 5) is 10.4. The first kappa shape index (κ1) is 17.8. The number of terminal acetylenes is 1. The van der Waals surface area contributed by atoms with Crippen molar-refractivity contribution in [2.45, 2.75) is 6.54 Å². The second-order valence-corrected chi connectivity index (χ2v) is 4.88. The summed E-state index contributed by atoms with van der Waals surface area (Å²) in [5, 5.41) is 15.0. The molecular formula is C18H17N3O4. The van der Waals surface area contributed by atoms with E-state index in [9.17, 15) is 10.1 Å². The number of nitrogens with one attached hydrogen (secondary N) is 1. The Morgan fingerprint density at radius 1 is 1.32 bits per heavy atom. The average molecular weight is 339 g/mol. The van der Waals surface area contributed by atoms with Crippen LogP contribution in [0.4, 0.5) is 5.69 Å². The first-order valence-electron chi connectivity index (χ1n) is 7.38. The third-order valence-corrected chi connectivity index (χ3v) is 3.27. The summed E-state index contributed by atoms with van der Waals surface area (Å²) in [7, 11) is 1.60. The lowest BCUT2D eigenvalue weighted by atomic mass is 10.2. The average Bonchev–Trinajstić information content (AvgIpc) is 2.64. The fourth-order valence-corrected chi connectivity index (χ4v) is 2.10. The van der Waals surface area contributed by atoms with Crippen molar-refractivity contribution in [2.24, 2.45) is 5.10 Å². The second-order valence-electron chi connectivity index (χ2n) is 4.88. The topological polar surface area (TPSA) is 86.0 Å². The highest BCUT2D eigenvalue weighted by molar-refractivity contribution is 5.84. The molecule has 128 valence electrons. The summed E-state index contributed by atoms with van der Waals surface area (Å²) in [5.74, 6) is 3.52. The Kier molecular flexibility index (Phi) is 6.37. The molecule has 0 aliphatic carbocycles. The maximum Gasteiger partial charge on any atom is 0.270 e. The summed E-state index contributed by atoms with van der Waals surface area (Å²) in [6, 6.07) is 11.8. The van der Waals surface area contributed by atoms with Crippen molar-refractivity contribution in [1.29, 1.82) is 0 Å². The molecule has 25 heavy (non-hydrogen) atoms. The van der Waals surface area contributed by atoms with Gasteiger partial charge in [0.25, 0.3) is 5.69 Å². The van der Waals surface area contributed by atoms with E-state index in [2.05, 4.69) is 16.4 Å². The van der Waals surface area contributed by atoms with Crippen LogP contribution in [0.3, 0.4) is 0 Å². The van der Waals surface area contributed by atoms with Gasteiger partial charge in [0.15, 0.2) is 0 Å². The summed E-state index contributed by atoms with van der Waals surface area (Å²) >= 11 is 0. The largest absolute Gasteiger partial charge is 0.496 e. The van der Waals surface area contributed by atoms with E-state index < -0.39 is 4.92 Å². The van der Waals surface area contributed by atoms with E-state index >= 15 is 0 Å². The quantitative estimate of drug-likeness (QED) is 0.346. The van der Waals surface area contributed by atoms with E-state index in [-0.39, 0.29) is 12.3 Å². The van der Waals surface area contributed by atoms with Gasteiger partial charge in [0.2, 0.25) is 0 Å². The zero-order valence-corrected chi connectivity index (χ0v) is 13.6. The molecule has 0 unspecified atom stereocenters. The molecular weight excluding hydrogens is 322 g/mol. The smallest absolute Gasteiger partial charge is 0.270 e.